The number of aryl methyl sites for hydroxylation is 1. The SMILES string of the molecule is CC.COc1cc2c(Nc3ccc(Cl)c(C)c3)ncnc2cc1OCC1CN(C(C)C)CCO1. The number of rotatable bonds is 7. The van der Waals surface area contributed by atoms with Gasteiger partial charge in [-0.05, 0) is 50.6 Å². The van der Waals surface area contributed by atoms with Crippen molar-refractivity contribution in [3.8, 4) is 11.5 Å². The number of halogens is 1. The third-order valence-corrected chi connectivity index (χ3v) is 6.09. The van der Waals surface area contributed by atoms with Crippen LogP contribution >= 0.6 is 11.6 Å². The number of ether oxygens (including phenoxy) is 3. The Morgan fingerprint density at radius 2 is 1.97 bits per heavy atom. The van der Waals surface area contributed by atoms with Crippen molar-refractivity contribution in [3.05, 3.63) is 47.2 Å². The quantitative estimate of drug-likeness (QED) is 0.448. The van der Waals surface area contributed by atoms with Gasteiger partial charge in [-0.15, -0.1) is 0 Å². The standard InChI is InChI=1S/C24H29ClN4O3.C2H6/c1-15(2)29-7-8-31-18(12-29)13-32-23-11-21-19(10-22(23)30-4)24(27-14-26-21)28-17-5-6-20(25)16(3)9-17;1-2/h5-6,9-11,14-15,18H,7-8,12-13H2,1-4H3,(H,26,27,28);1-2H3. The van der Waals surface area contributed by atoms with Gasteiger partial charge in [0.15, 0.2) is 11.5 Å². The van der Waals surface area contributed by atoms with E-state index in [-0.39, 0.29) is 6.10 Å². The molecule has 1 aliphatic heterocycles. The molecule has 1 N–H and O–H groups in total. The third-order valence-electron chi connectivity index (χ3n) is 5.67. The molecular weight excluding hydrogens is 452 g/mol. The molecule has 1 unspecified atom stereocenters. The van der Waals surface area contributed by atoms with Gasteiger partial charge in [0, 0.05) is 41.3 Å². The first-order chi connectivity index (χ1) is 16.4. The van der Waals surface area contributed by atoms with Crippen molar-refractivity contribution in [2.45, 2.75) is 46.8 Å². The van der Waals surface area contributed by atoms with E-state index in [1.807, 2.05) is 51.1 Å². The highest BCUT2D eigenvalue weighted by Crippen LogP contribution is 2.35. The molecule has 184 valence electrons. The van der Waals surface area contributed by atoms with Crippen LogP contribution in [0.1, 0.15) is 33.3 Å². The minimum atomic E-state index is 0.0160. The van der Waals surface area contributed by atoms with Crippen LogP contribution < -0.4 is 14.8 Å². The second-order valence-electron chi connectivity index (χ2n) is 8.22. The maximum absolute atomic E-state index is 6.15. The van der Waals surface area contributed by atoms with Crippen LogP contribution in [-0.4, -0.2) is 60.4 Å². The normalized spacial score (nSPS) is 16.2. The highest BCUT2D eigenvalue weighted by molar-refractivity contribution is 6.31. The molecule has 34 heavy (non-hydrogen) atoms. The van der Waals surface area contributed by atoms with Gasteiger partial charge < -0.3 is 19.5 Å². The maximum Gasteiger partial charge on any atom is 0.163 e. The lowest BCUT2D eigenvalue weighted by Gasteiger charge is -2.35. The fourth-order valence-corrected chi connectivity index (χ4v) is 3.91. The summed E-state index contributed by atoms with van der Waals surface area (Å²) in [7, 11) is 1.63. The molecule has 8 heteroatoms. The summed E-state index contributed by atoms with van der Waals surface area (Å²) in [4.78, 5) is 11.3. The third kappa shape index (κ3) is 6.29. The molecule has 0 radical (unpaired) electrons. The van der Waals surface area contributed by atoms with E-state index in [0.717, 1.165) is 40.3 Å². The molecule has 2 heterocycles. The molecule has 7 nitrogen and oxygen atoms in total. The van der Waals surface area contributed by atoms with Crippen molar-refractivity contribution in [1.82, 2.24) is 14.9 Å². The van der Waals surface area contributed by atoms with Crippen LogP contribution in [0.5, 0.6) is 11.5 Å². The van der Waals surface area contributed by atoms with Crippen molar-refractivity contribution >= 4 is 34.0 Å². The van der Waals surface area contributed by atoms with E-state index in [9.17, 15) is 0 Å². The average Bonchev–Trinajstić information content (AvgIpc) is 2.86. The van der Waals surface area contributed by atoms with Crippen LogP contribution in [0.25, 0.3) is 10.9 Å². The summed E-state index contributed by atoms with van der Waals surface area (Å²) in [6.45, 7) is 13.3. The number of benzene rings is 2. The van der Waals surface area contributed by atoms with Crippen molar-refractivity contribution in [2.24, 2.45) is 0 Å². The summed E-state index contributed by atoms with van der Waals surface area (Å²) >= 11 is 6.15. The Morgan fingerprint density at radius 1 is 1.18 bits per heavy atom. The average molecular weight is 487 g/mol. The van der Waals surface area contributed by atoms with Gasteiger partial charge in [-0.2, -0.15) is 0 Å². The fourth-order valence-electron chi connectivity index (χ4n) is 3.79. The summed E-state index contributed by atoms with van der Waals surface area (Å²) in [5, 5.41) is 4.92. The number of fused-ring (bicyclic) bond motifs is 1. The summed E-state index contributed by atoms with van der Waals surface area (Å²) in [6.07, 6.45) is 1.55. The molecule has 1 saturated heterocycles. The molecule has 3 aromatic rings. The van der Waals surface area contributed by atoms with E-state index < -0.39 is 0 Å². The van der Waals surface area contributed by atoms with Crippen LogP contribution in [0.3, 0.4) is 0 Å². The number of morpholine rings is 1. The highest BCUT2D eigenvalue weighted by Gasteiger charge is 2.23. The van der Waals surface area contributed by atoms with E-state index in [4.69, 9.17) is 25.8 Å². The number of nitrogens with one attached hydrogen (secondary N) is 1. The van der Waals surface area contributed by atoms with Crippen LogP contribution in [0.2, 0.25) is 5.02 Å². The molecule has 1 aromatic heterocycles. The zero-order valence-corrected chi connectivity index (χ0v) is 21.6. The van der Waals surface area contributed by atoms with Gasteiger partial charge in [-0.25, -0.2) is 9.97 Å². The first-order valence-electron chi connectivity index (χ1n) is 11.8. The van der Waals surface area contributed by atoms with Gasteiger partial charge in [-0.1, -0.05) is 25.4 Å². The van der Waals surface area contributed by atoms with Gasteiger partial charge in [0.05, 0.1) is 19.2 Å². The summed E-state index contributed by atoms with van der Waals surface area (Å²) in [6, 6.07) is 10.0. The molecule has 0 spiro atoms. The maximum atomic E-state index is 6.15. The molecule has 1 atom stereocenters. The minimum absolute atomic E-state index is 0.0160. The largest absolute Gasteiger partial charge is 0.493 e. The summed E-state index contributed by atoms with van der Waals surface area (Å²) in [5.74, 6) is 1.95. The molecule has 0 saturated carbocycles. The number of hydrogen-bond acceptors (Lipinski definition) is 7. The first kappa shape index (κ1) is 26.0. The second kappa shape index (κ2) is 12.2. The molecule has 0 bridgehead atoms. The Bertz CT molecular complexity index is 1090. The predicted octanol–water partition coefficient (Wildman–Crippen LogP) is 5.86. The fraction of sp³-hybridized carbons (Fsp3) is 0.462. The molecule has 2 aromatic carbocycles. The van der Waals surface area contributed by atoms with Crippen LogP contribution in [-0.2, 0) is 4.74 Å². The minimum Gasteiger partial charge on any atom is -0.493 e. The zero-order valence-electron chi connectivity index (χ0n) is 20.9. The number of anilines is 2. The van der Waals surface area contributed by atoms with Crippen LogP contribution in [0.15, 0.2) is 36.7 Å². The lowest BCUT2D eigenvalue weighted by molar-refractivity contribution is -0.0566. The van der Waals surface area contributed by atoms with E-state index in [0.29, 0.717) is 36.6 Å². The van der Waals surface area contributed by atoms with Gasteiger partial charge in [0.1, 0.15) is 24.9 Å². The Morgan fingerprint density at radius 3 is 2.68 bits per heavy atom. The first-order valence-corrected chi connectivity index (χ1v) is 12.2. The molecule has 1 aliphatic rings. The van der Waals surface area contributed by atoms with Gasteiger partial charge in [0.2, 0.25) is 0 Å². The molecule has 1 fully saturated rings. The Hall–Kier alpha value is -2.61. The Balaban J connectivity index is 0.00000158. The van der Waals surface area contributed by atoms with Gasteiger partial charge >= 0.3 is 0 Å². The van der Waals surface area contributed by atoms with Crippen molar-refractivity contribution < 1.29 is 14.2 Å². The van der Waals surface area contributed by atoms with Gasteiger partial charge in [0.25, 0.3) is 0 Å². The highest BCUT2D eigenvalue weighted by atomic mass is 35.5. The smallest absolute Gasteiger partial charge is 0.163 e. The van der Waals surface area contributed by atoms with E-state index >= 15 is 0 Å². The molecule has 4 rings (SSSR count). The van der Waals surface area contributed by atoms with E-state index in [1.165, 1.54) is 6.33 Å². The van der Waals surface area contributed by atoms with Gasteiger partial charge in [-0.3, -0.25) is 4.90 Å². The Kier molecular flexibility index (Phi) is 9.33. The van der Waals surface area contributed by atoms with Crippen LogP contribution in [0.4, 0.5) is 11.5 Å². The summed E-state index contributed by atoms with van der Waals surface area (Å²) < 4.78 is 17.6. The summed E-state index contributed by atoms with van der Waals surface area (Å²) in [5.41, 5.74) is 2.65. The topological polar surface area (TPSA) is 68.7 Å². The zero-order chi connectivity index (χ0) is 24.7. The van der Waals surface area contributed by atoms with Crippen LogP contribution in [0, 0.1) is 6.92 Å². The number of methoxy groups -OCH3 is 1. The van der Waals surface area contributed by atoms with E-state index in [1.54, 1.807) is 7.11 Å². The Labute approximate surface area is 207 Å². The van der Waals surface area contributed by atoms with Crippen molar-refractivity contribution in [3.63, 3.8) is 0 Å². The molecule has 0 amide bonds. The lowest BCUT2D eigenvalue weighted by atomic mass is 10.2. The molecule has 0 aliphatic carbocycles. The second-order valence-corrected chi connectivity index (χ2v) is 8.63. The molecular formula is C26H35ClN4O3. The van der Waals surface area contributed by atoms with E-state index in [2.05, 4.69) is 34.0 Å². The lowest BCUT2D eigenvalue weighted by Crippen LogP contribution is -2.47. The predicted molar refractivity (Wildman–Crippen MR) is 139 cm³/mol. The number of hydrogen-bond donors (Lipinski definition) is 1. The van der Waals surface area contributed by atoms with Crippen molar-refractivity contribution in [1.29, 1.82) is 0 Å². The number of aromatic nitrogens is 2. The van der Waals surface area contributed by atoms with Crippen molar-refractivity contribution in [2.75, 3.05) is 38.7 Å². The monoisotopic (exact) mass is 486 g/mol. The number of nitrogens with zero attached hydrogens (tertiary/aromatic N) is 3.